The van der Waals surface area contributed by atoms with Crippen LogP contribution < -0.4 is 9.47 Å². The van der Waals surface area contributed by atoms with E-state index in [0.29, 0.717) is 5.75 Å². The average Bonchev–Trinajstić information content (AvgIpc) is 3.64. The monoisotopic (exact) mass is 557 g/mol. The number of hydrogen-bond acceptors (Lipinski definition) is 5. The van der Waals surface area contributed by atoms with Crippen molar-refractivity contribution in [2.24, 2.45) is 0 Å². The van der Waals surface area contributed by atoms with Gasteiger partial charge in [0.1, 0.15) is 23.6 Å². The van der Waals surface area contributed by atoms with Crippen molar-refractivity contribution < 1.29 is 27.8 Å². The first-order valence-electron chi connectivity index (χ1n) is 13.6. The van der Waals surface area contributed by atoms with E-state index in [2.05, 4.69) is 0 Å². The second-order valence-corrected chi connectivity index (χ2v) is 12.4. The highest BCUT2D eigenvalue weighted by molar-refractivity contribution is 7.89. The summed E-state index contributed by atoms with van der Waals surface area (Å²) in [5.41, 5.74) is 2.10. The second kappa shape index (κ2) is 10.9. The molecule has 0 bridgehead atoms. The van der Waals surface area contributed by atoms with Crippen molar-refractivity contribution in [3.63, 3.8) is 0 Å². The molecule has 1 saturated carbocycles. The van der Waals surface area contributed by atoms with Gasteiger partial charge in [0.25, 0.3) is 0 Å². The quantitative estimate of drug-likeness (QED) is 0.280. The number of carbonyl (C=O) groups is 1. The van der Waals surface area contributed by atoms with Crippen molar-refractivity contribution in [3.8, 4) is 22.6 Å². The van der Waals surface area contributed by atoms with Gasteiger partial charge in [0.05, 0.1) is 17.5 Å². The number of nitrogens with zero attached hydrogens (tertiary/aromatic N) is 1. The fourth-order valence-corrected chi connectivity index (χ4v) is 7.32. The molecule has 4 aromatic carbocycles. The molecule has 1 aliphatic carbocycles. The van der Waals surface area contributed by atoms with E-state index in [9.17, 15) is 18.3 Å². The van der Waals surface area contributed by atoms with Crippen LogP contribution in [-0.4, -0.2) is 48.6 Å². The van der Waals surface area contributed by atoms with E-state index in [1.807, 2.05) is 72.8 Å². The number of sulfonamides is 1. The molecule has 0 unspecified atom stereocenters. The van der Waals surface area contributed by atoms with Gasteiger partial charge in [-0.2, -0.15) is 4.31 Å². The molecule has 4 aromatic rings. The number of carboxylic acid groups (broad SMARTS) is 1. The number of aliphatic carboxylic acids is 1. The molecule has 206 valence electrons. The van der Waals surface area contributed by atoms with Crippen molar-refractivity contribution >= 4 is 26.8 Å². The van der Waals surface area contributed by atoms with Crippen LogP contribution in [0.3, 0.4) is 0 Å². The van der Waals surface area contributed by atoms with Gasteiger partial charge in [0, 0.05) is 6.42 Å². The molecule has 0 aromatic heterocycles. The predicted molar refractivity (Wildman–Crippen MR) is 153 cm³/mol. The van der Waals surface area contributed by atoms with E-state index in [1.165, 1.54) is 18.9 Å². The first-order chi connectivity index (χ1) is 19.4. The lowest BCUT2D eigenvalue weighted by Crippen LogP contribution is -2.40. The molecular weight excluding hydrogens is 526 g/mol. The molecule has 0 spiro atoms. The first-order valence-corrected chi connectivity index (χ1v) is 15.1. The van der Waals surface area contributed by atoms with Crippen molar-refractivity contribution in [3.05, 3.63) is 91.0 Å². The summed E-state index contributed by atoms with van der Waals surface area (Å²) in [6, 6.07) is 26.7. The Morgan fingerprint density at radius 1 is 0.750 bits per heavy atom. The van der Waals surface area contributed by atoms with Crippen LogP contribution >= 0.6 is 0 Å². The highest BCUT2D eigenvalue weighted by Crippen LogP contribution is 2.33. The van der Waals surface area contributed by atoms with E-state index in [-0.39, 0.29) is 24.0 Å². The zero-order valence-electron chi connectivity index (χ0n) is 22.0. The van der Waals surface area contributed by atoms with Gasteiger partial charge in [-0.1, -0.05) is 54.6 Å². The van der Waals surface area contributed by atoms with Gasteiger partial charge >= 0.3 is 5.97 Å². The topological polar surface area (TPSA) is 93.1 Å². The Kier molecular flexibility index (Phi) is 7.21. The highest BCUT2D eigenvalue weighted by Gasteiger charge is 2.45. The number of ether oxygens (including phenoxy) is 2. The minimum absolute atomic E-state index is 0.0497. The lowest BCUT2D eigenvalue weighted by atomic mass is 10.1. The van der Waals surface area contributed by atoms with E-state index >= 15 is 0 Å². The molecule has 8 heteroatoms. The molecule has 1 aliphatic heterocycles. The fourth-order valence-electron chi connectivity index (χ4n) is 5.66. The lowest BCUT2D eigenvalue weighted by Gasteiger charge is -2.21. The van der Waals surface area contributed by atoms with Gasteiger partial charge in [-0.15, -0.1) is 0 Å². The molecule has 0 amide bonds. The number of carboxylic acids is 1. The van der Waals surface area contributed by atoms with Crippen LogP contribution in [0.15, 0.2) is 95.9 Å². The standard InChI is InChI=1S/C32H31NO6S/c34-32(35)31-20-29(39-27-14-10-23(11-15-27)22-6-2-1-3-7-22)21-33(31)40(36,37)30-17-13-24-18-28(16-12-25(24)19-30)38-26-8-4-5-9-26/h1-3,6-7,10-19,26,29,31H,4-5,8-9,20-21H2,(H,34,35)/t29-,31-/m0/s1. The molecular formula is C32H31NO6S. The number of fused-ring (bicyclic) bond motifs is 1. The summed E-state index contributed by atoms with van der Waals surface area (Å²) in [7, 11) is -4.08. The third-order valence-corrected chi connectivity index (χ3v) is 9.63. The lowest BCUT2D eigenvalue weighted by molar-refractivity contribution is -0.140. The Bertz CT molecular complexity index is 1610. The minimum atomic E-state index is -4.08. The summed E-state index contributed by atoms with van der Waals surface area (Å²) in [5, 5.41) is 11.5. The Morgan fingerprint density at radius 3 is 2.10 bits per heavy atom. The van der Waals surface area contributed by atoms with Crippen LogP contribution in [0, 0.1) is 0 Å². The Balaban J connectivity index is 1.19. The van der Waals surface area contributed by atoms with Gasteiger partial charge in [-0.25, -0.2) is 8.42 Å². The minimum Gasteiger partial charge on any atom is -0.490 e. The third-order valence-electron chi connectivity index (χ3n) is 7.76. The van der Waals surface area contributed by atoms with Gasteiger partial charge in [0.15, 0.2) is 0 Å². The van der Waals surface area contributed by atoms with Gasteiger partial charge in [-0.3, -0.25) is 4.79 Å². The molecule has 1 saturated heterocycles. The molecule has 1 N–H and O–H groups in total. The maximum absolute atomic E-state index is 13.7. The van der Waals surface area contributed by atoms with Crippen molar-refractivity contribution in [1.29, 1.82) is 0 Å². The maximum atomic E-state index is 13.7. The molecule has 40 heavy (non-hydrogen) atoms. The fraction of sp³-hybridized carbons (Fsp3) is 0.281. The summed E-state index contributed by atoms with van der Waals surface area (Å²) in [5.74, 6) is 0.148. The van der Waals surface area contributed by atoms with E-state index in [4.69, 9.17) is 9.47 Å². The average molecular weight is 558 g/mol. The number of rotatable bonds is 8. The first kappa shape index (κ1) is 26.3. The van der Waals surface area contributed by atoms with E-state index in [1.54, 1.807) is 12.1 Å². The SMILES string of the molecule is O=C(O)[C@@H]1C[C@H](Oc2ccc(-c3ccccc3)cc2)CN1S(=O)(=O)c1ccc2cc(OC3CCCC3)ccc2c1. The highest BCUT2D eigenvalue weighted by atomic mass is 32.2. The smallest absolute Gasteiger partial charge is 0.322 e. The third kappa shape index (κ3) is 5.42. The molecule has 7 nitrogen and oxygen atoms in total. The summed E-state index contributed by atoms with van der Waals surface area (Å²) < 4.78 is 40.5. The van der Waals surface area contributed by atoms with Gasteiger partial charge in [0.2, 0.25) is 10.0 Å². The van der Waals surface area contributed by atoms with Gasteiger partial charge in [-0.05, 0) is 84.0 Å². The van der Waals surface area contributed by atoms with Crippen LogP contribution in [-0.2, 0) is 14.8 Å². The van der Waals surface area contributed by atoms with Gasteiger partial charge < -0.3 is 14.6 Å². The van der Waals surface area contributed by atoms with Crippen LogP contribution in [0.1, 0.15) is 32.1 Å². The second-order valence-electron chi connectivity index (χ2n) is 10.5. The summed E-state index contributed by atoms with van der Waals surface area (Å²) in [6.45, 7) is -0.0497. The molecule has 2 aliphatic rings. The predicted octanol–water partition coefficient (Wildman–Crippen LogP) is 6.12. The molecule has 6 rings (SSSR count). The van der Waals surface area contributed by atoms with E-state index < -0.39 is 28.1 Å². The van der Waals surface area contributed by atoms with Crippen molar-refractivity contribution in [2.45, 2.75) is 55.2 Å². The Morgan fingerprint density at radius 2 is 1.38 bits per heavy atom. The van der Waals surface area contributed by atoms with Crippen LogP contribution in [0.5, 0.6) is 11.5 Å². The largest absolute Gasteiger partial charge is 0.490 e. The molecule has 1 heterocycles. The summed E-state index contributed by atoms with van der Waals surface area (Å²) in [6.07, 6.45) is 4.18. The normalized spacial score (nSPS) is 20.1. The summed E-state index contributed by atoms with van der Waals surface area (Å²) in [4.78, 5) is 12.2. The molecule has 0 radical (unpaired) electrons. The van der Waals surface area contributed by atoms with Crippen LogP contribution in [0.25, 0.3) is 21.9 Å². The zero-order chi connectivity index (χ0) is 27.7. The molecule has 2 fully saturated rings. The van der Waals surface area contributed by atoms with Crippen LogP contribution in [0.2, 0.25) is 0 Å². The molecule has 2 atom stereocenters. The van der Waals surface area contributed by atoms with Crippen LogP contribution in [0.4, 0.5) is 0 Å². The number of hydrogen-bond donors (Lipinski definition) is 1. The zero-order valence-corrected chi connectivity index (χ0v) is 22.8. The number of benzene rings is 4. The van der Waals surface area contributed by atoms with E-state index in [0.717, 1.165) is 44.8 Å². The maximum Gasteiger partial charge on any atom is 0.322 e. The summed E-state index contributed by atoms with van der Waals surface area (Å²) >= 11 is 0. The Hall–Kier alpha value is -3.88. The van der Waals surface area contributed by atoms with Crippen molar-refractivity contribution in [2.75, 3.05) is 6.54 Å². The Labute approximate surface area is 234 Å². The van der Waals surface area contributed by atoms with Crippen molar-refractivity contribution in [1.82, 2.24) is 4.31 Å².